The molecule has 1 unspecified atom stereocenters. The highest BCUT2D eigenvalue weighted by atomic mass is 35.6. The molecule has 17 heavy (non-hydrogen) atoms. The molecular formula is C12H13Cl3O2. The largest absolute Gasteiger partial charge is 0.369 e. The Morgan fingerprint density at radius 3 is 2.35 bits per heavy atom. The average molecular weight is 296 g/mol. The first-order chi connectivity index (χ1) is 7.89. The summed E-state index contributed by atoms with van der Waals surface area (Å²) in [7, 11) is 0. The molecule has 1 aromatic rings. The maximum atomic E-state index is 11.1. The monoisotopic (exact) mass is 294 g/mol. The molecule has 1 aromatic carbocycles. The quantitative estimate of drug-likeness (QED) is 0.770. The third-order valence-electron chi connectivity index (χ3n) is 2.13. The minimum Gasteiger partial charge on any atom is -0.369 e. The number of hydrogen-bond acceptors (Lipinski definition) is 2. The van der Waals surface area contributed by atoms with Crippen molar-refractivity contribution in [3.8, 4) is 0 Å². The number of ether oxygens (including phenoxy) is 1. The maximum absolute atomic E-state index is 11.1. The molecule has 0 aromatic heterocycles. The predicted molar refractivity (Wildman–Crippen MR) is 70.6 cm³/mol. The van der Waals surface area contributed by atoms with Gasteiger partial charge in [0.2, 0.25) is 3.79 Å². The topological polar surface area (TPSA) is 26.3 Å². The lowest BCUT2D eigenvalue weighted by atomic mass is 10.2. The molecule has 0 radical (unpaired) electrons. The Morgan fingerprint density at radius 1 is 1.29 bits per heavy atom. The molecule has 0 N–H and O–H groups in total. The van der Waals surface area contributed by atoms with Crippen LogP contribution in [0.1, 0.15) is 18.9 Å². The highest BCUT2D eigenvalue weighted by molar-refractivity contribution is 6.68. The van der Waals surface area contributed by atoms with Gasteiger partial charge in [0.25, 0.3) is 0 Å². The number of carbonyl (C=O) groups excluding carboxylic acids is 1. The summed E-state index contributed by atoms with van der Waals surface area (Å²) in [5, 5.41) is 0. The van der Waals surface area contributed by atoms with Crippen LogP contribution in [0.5, 0.6) is 0 Å². The second-order valence-corrected chi connectivity index (χ2v) is 6.10. The standard InChI is InChI=1S/C12H13Cl3O2/c1-9(16)7-11(12(13,14)15)17-8-10-5-3-2-4-6-10/h2-6,11H,7-8H2,1H3. The van der Waals surface area contributed by atoms with Crippen LogP contribution in [0.2, 0.25) is 0 Å². The normalized spacial score (nSPS) is 13.4. The Labute approximate surface area is 116 Å². The van der Waals surface area contributed by atoms with Gasteiger partial charge < -0.3 is 4.74 Å². The van der Waals surface area contributed by atoms with Crippen molar-refractivity contribution in [2.45, 2.75) is 29.8 Å². The first-order valence-corrected chi connectivity index (χ1v) is 6.24. The molecule has 0 aliphatic heterocycles. The molecule has 0 bridgehead atoms. The molecule has 0 amide bonds. The third-order valence-corrected chi connectivity index (χ3v) is 2.86. The van der Waals surface area contributed by atoms with E-state index < -0.39 is 9.90 Å². The van der Waals surface area contributed by atoms with Gasteiger partial charge in [0.1, 0.15) is 11.9 Å². The fraction of sp³-hybridized carbons (Fsp3) is 0.417. The Kier molecular flexibility index (Phi) is 5.74. The van der Waals surface area contributed by atoms with E-state index in [1.54, 1.807) is 0 Å². The van der Waals surface area contributed by atoms with Crippen molar-refractivity contribution in [2.24, 2.45) is 0 Å². The van der Waals surface area contributed by atoms with E-state index in [-0.39, 0.29) is 12.2 Å². The van der Waals surface area contributed by atoms with E-state index in [0.29, 0.717) is 6.61 Å². The molecule has 1 atom stereocenters. The molecule has 1 rings (SSSR count). The number of benzene rings is 1. The third kappa shape index (κ3) is 5.73. The molecule has 94 valence electrons. The number of carbonyl (C=O) groups is 1. The van der Waals surface area contributed by atoms with Crippen LogP contribution in [0.4, 0.5) is 0 Å². The second kappa shape index (κ2) is 6.60. The Morgan fingerprint density at radius 2 is 1.88 bits per heavy atom. The molecule has 2 nitrogen and oxygen atoms in total. The summed E-state index contributed by atoms with van der Waals surface area (Å²) in [5.74, 6) is -0.0746. The van der Waals surface area contributed by atoms with Crippen molar-refractivity contribution in [1.29, 1.82) is 0 Å². The van der Waals surface area contributed by atoms with Crippen molar-refractivity contribution in [2.75, 3.05) is 0 Å². The fourth-order valence-electron chi connectivity index (χ4n) is 1.30. The van der Waals surface area contributed by atoms with E-state index in [4.69, 9.17) is 39.5 Å². The van der Waals surface area contributed by atoms with Gasteiger partial charge in [-0.15, -0.1) is 0 Å². The Hall–Kier alpha value is -0.280. The van der Waals surface area contributed by atoms with Crippen molar-refractivity contribution in [3.05, 3.63) is 35.9 Å². The Bertz CT molecular complexity index is 360. The zero-order valence-electron chi connectivity index (χ0n) is 9.33. The van der Waals surface area contributed by atoms with Gasteiger partial charge in [0.15, 0.2) is 0 Å². The number of hydrogen-bond donors (Lipinski definition) is 0. The number of halogens is 3. The van der Waals surface area contributed by atoms with Gasteiger partial charge in [-0.2, -0.15) is 0 Å². The molecule has 0 aliphatic rings. The number of Topliss-reactive ketones (excluding diaryl/α,β-unsaturated/α-hetero) is 1. The van der Waals surface area contributed by atoms with Gasteiger partial charge in [0, 0.05) is 6.42 Å². The van der Waals surface area contributed by atoms with Crippen LogP contribution in [0.3, 0.4) is 0 Å². The van der Waals surface area contributed by atoms with Gasteiger partial charge >= 0.3 is 0 Å². The van der Waals surface area contributed by atoms with Crippen LogP contribution >= 0.6 is 34.8 Å². The van der Waals surface area contributed by atoms with Crippen LogP contribution < -0.4 is 0 Å². The van der Waals surface area contributed by atoms with Gasteiger partial charge in [-0.1, -0.05) is 65.1 Å². The summed E-state index contributed by atoms with van der Waals surface area (Å²) in [6.45, 7) is 1.75. The van der Waals surface area contributed by atoms with E-state index in [0.717, 1.165) is 5.56 Å². The number of alkyl halides is 3. The minimum absolute atomic E-state index is 0.0746. The molecule has 0 aliphatic carbocycles. The lowest BCUT2D eigenvalue weighted by Gasteiger charge is -2.23. The lowest BCUT2D eigenvalue weighted by Crippen LogP contribution is -2.30. The van der Waals surface area contributed by atoms with Gasteiger partial charge in [0.05, 0.1) is 6.61 Å². The van der Waals surface area contributed by atoms with Crippen LogP contribution in [0.15, 0.2) is 30.3 Å². The Balaban J connectivity index is 2.59. The molecule has 0 heterocycles. The summed E-state index contributed by atoms with van der Waals surface area (Å²) in [4.78, 5) is 11.1. The van der Waals surface area contributed by atoms with Crippen molar-refractivity contribution in [1.82, 2.24) is 0 Å². The van der Waals surface area contributed by atoms with Crippen LogP contribution in [-0.2, 0) is 16.1 Å². The molecular weight excluding hydrogens is 282 g/mol. The van der Waals surface area contributed by atoms with Crippen molar-refractivity contribution in [3.63, 3.8) is 0 Å². The highest BCUT2D eigenvalue weighted by Crippen LogP contribution is 2.34. The van der Waals surface area contributed by atoms with Crippen molar-refractivity contribution >= 4 is 40.6 Å². The van der Waals surface area contributed by atoms with Crippen LogP contribution in [0.25, 0.3) is 0 Å². The molecule has 0 spiro atoms. The molecule has 0 saturated carbocycles. The highest BCUT2D eigenvalue weighted by Gasteiger charge is 2.34. The zero-order chi connectivity index (χ0) is 12.9. The first-order valence-electron chi connectivity index (χ1n) is 5.11. The molecule has 0 fully saturated rings. The minimum atomic E-state index is -1.60. The van der Waals surface area contributed by atoms with E-state index in [1.807, 2.05) is 30.3 Å². The van der Waals surface area contributed by atoms with E-state index in [1.165, 1.54) is 6.92 Å². The van der Waals surface area contributed by atoms with Gasteiger partial charge in [-0.3, -0.25) is 4.79 Å². The maximum Gasteiger partial charge on any atom is 0.216 e. The summed E-state index contributed by atoms with van der Waals surface area (Å²) >= 11 is 17.3. The number of ketones is 1. The van der Waals surface area contributed by atoms with E-state index in [9.17, 15) is 4.79 Å². The van der Waals surface area contributed by atoms with Gasteiger partial charge in [-0.05, 0) is 12.5 Å². The average Bonchev–Trinajstić information content (AvgIpc) is 2.23. The van der Waals surface area contributed by atoms with E-state index in [2.05, 4.69) is 0 Å². The smallest absolute Gasteiger partial charge is 0.216 e. The second-order valence-electron chi connectivity index (χ2n) is 3.73. The fourth-order valence-corrected chi connectivity index (χ4v) is 1.72. The molecule has 0 saturated heterocycles. The summed E-state index contributed by atoms with van der Waals surface area (Å²) < 4.78 is 3.89. The van der Waals surface area contributed by atoms with Crippen molar-refractivity contribution < 1.29 is 9.53 Å². The summed E-state index contributed by atoms with van der Waals surface area (Å²) in [6.07, 6.45) is -0.645. The molecule has 5 heteroatoms. The summed E-state index contributed by atoms with van der Waals surface area (Å²) in [6, 6.07) is 9.51. The number of rotatable bonds is 5. The zero-order valence-corrected chi connectivity index (χ0v) is 11.6. The lowest BCUT2D eigenvalue weighted by molar-refractivity contribution is -0.120. The van der Waals surface area contributed by atoms with Gasteiger partial charge in [-0.25, -0.2) is 0 Å². The SMILES string of the molecule is CC(=O)CC(OCc1ccccc1)C(Cl)(Cl)Cl. The predicted octanol–water partition coefficient (Wildman–Crippen LogP) is 3.92. The van der Waals surface area contributed by atoms with Crippen LogP contribution in [-0.4, -0.2) is 15.7 Å². The van der Waals surface area contributed by atoms with E-state index >= 15 is 0 Å². The first kappa shape index (κ1) is 14.8. The summed E-state index contributed by atoms with van der Waals surface area (Å²) in [5.41, 5.74) is 0.968. The van der Waals surface area contributed by atoms with Crippen LogP contribution in [0, 0.1) is 0 Å².